The average molecular weight is 544 g/mol. The van der Waals surface area contributed by atoms with E-state index in [-0.39, 0.29) is 18.3 Å². The van der Waals surface area contributed by atoms with E-state index >= 15 is 0 Å². The van der Waals surface area contributed by atoms with E-state index in [2.05, 4.69) is 155 Å². The predicted octanol–water partition coefficient (Wildman–Crippen LogP) is 8.31. The molecule has 1 fully saturated rings. The molecule has 3 nitrogen and oxygen atoms in total. The van der Waals surface area contributed by atoms with Crippen molar-refractivity contribution in [2.45, 2.75) is 58.5 Å². The molecule has 5 aromatic carbocycles. The van der Waals surface area contributed by atoms with Crippen molar-refractivity contribution in [1.29, 1.82) is 0 Å². The van der Waals surface area contributed by atoms with E-state index in [1.807, 2.05) is 0 Å². The Hall–Kier alpha value is -3.38. The Morgan fingerprint density at radius 1 is 0.550 bits per heavy atom. The average Bonchev–Trinajstić information content (AvgIpc) is 3.14. The lowest BCUT2D eigenvalue weighted by atomic mass is 9.78. The molecule has 0 N–H and O–H groups in total. The third kappa shape index (κ3) is 4.87. The largest absolute Gasteiger partial charge is 0.494 e. The van der Waals surface area contributed by atoms with Crippen molar-refractivity contribution in [2.75, 3.05) is 4.90 Å². The monoisotopic (exact) mass is 543 g/mol. The molecule has 0 unspecified atom stereocenters. The van der Waals surface area contributed by atoms with Gasteiger partial charge in [0.15, 0.2) is 0 Å². The lowest BCUT2D eigenvalue weighted by Gasteiger charge is -2.32. The molecular weight excluding hydrogens is 505 g/mol. The summed E-state index contributed by atoms with van der Waals surface area (Å²) in [5.41, 5.74) is 3.77. The van der Waals surface area contributed by atoms with Crippen LogP contribution >= 0.6 is 0 Å². The smallest absolute Gasteiger partial charge is 0.399 e. The molecule has 6 rings (SSSR count). The van der Waals surface area contributed by atoms with Crippen LogP contribution in [0.5, 0.6) is 0 Å². The minimum Gasteiger partial charge on any atom is -0.399 e. The van der Waals surface area contributed by atoms with Crippen LogP contribution < -0.4 is 15.5 Å². The number of hydrogen-bond acceptors (Lipinski definition) is 3. The molecule has 0 atom stereocenters. The summed E-state index contributed by atoms with van der Waals surface area (Å²) in [6, 6.07) is 37.7. The fourth-order valence-corrected chi connectivity index (χ4v) is 6.56. The number of benzene rings is 5. The van der Waals surface area contributed by atoms with Crippen molar-refractivity contribution in [1.82, 2.24) is 0 Å². The summed E-state index contributed by atoms with van der Waals surface area (Å²) in [7, 11) is -1.76. The van der Waals surface area contributed by atoms with Gasteiger partial charge in [-0.05, 0) is 91.1 Å². The Balaban J connectivity index is 1.42. The SMILES string of the molecule is CC1(C)OB(c2ccc3cc(N(c4ccc([Si](C)(C)C)cc4)c4ccc5ccccc5c4)ccc3c2)OC1(C)C. The minimum atomic E-state index is -1.40. The summed E-state index contributed by atoms with van der Waals surface area (Å²) in [6.45, 7) is 15.6. The zero-order valence-corrected chi connectivity index (χ0v) is 25.7. The number of rotatable bonds is 5. The first kappa shape index (κ1) is 26.8. The summed E-state index contributed by atoms with van der Waals surface area (Å²) < 4.78 is 12.6. The van der Waals surface area contributed by atoms with Gasteiger partial charge in [0.2, 0.25) is 0 Å². The van der Waals surface area contributed by atoms with E-state index in [0.29, 0.717) is 0 Å². The Morgan fingerprint density at radius 2 is 1.02 bits per heavy atom. The van der Waals surface area contributed by atoms with Crippen LogP contribution in [-0.2, 0) is 9.31 Å². The zero-order chi connectivity index (χ0) is 28.3. The molecule has 40 heavy (non-hydrogen) atoms. The van der Waals surface area contributed by atoms with E-state index in [0.717, 1.165) is 22.5 Å². The van der Waals surface area contributed by atoms with Crippen LogP contribution in [0, 0.1) is 0 Å². The fourth-order valence-electron chi connectivity index (χ4n) is 5.39. The van der Waals surface area contributed by atoms with Crippen LogP contribution in [0.15, 0.2) is 103 Å². The van der Waals surface area contributed by atoms with Gasteiger partial charge in [-0.1, -0.05) is 91.6 Å². The molecule has 0 aromatic heterocycles. The van der Waals surface area contributed by atoms with Crippen LogP contribution in [0.25, 0.3) is 21.5 Å². The summed E-state index contributed by atoms with van der Waals surface area (Å²) in [6.07, 6.45) is 0. The van der Waals surface area contributed by atoms with Crippen LogP contribution in [0.3, 0.4) is 0 Å². The van der Waals surface area contributed by atoms with Gasteiger partial charge >= 0.3 is 7.12 Å². The highest BCUT2D eigenvalue weighted by Crippen LogP contribution is 2.38. The van der Waals surface area contributed by atoms with Gasteiger partial charge in [0, 0.05) is 17.1 Å². The molecule has 0 spiro atoms. The van der Waals surface area contributed by atoms with Crippen LogP contribution in [0.2, 0.25) is 19.6 Å². The molecule has 1 heterocycles. The molecule has 5 aromatic rings. The third-order valence-electron chi connectivity index (χ3n) is 8.61. The molecule has 0 amide bonds. The van der Waals surface area contributed by atoms with Crippen molar-refractivity contribution in [3.63, 3.8) is 0 Å². The van der Waals surface area contributed by atoms with Crippen LogP contribution in [-0.4, -0.2) is 26.4 Å². The molecule has 0 aliphatic carbocycles. The maximum Gasteiger partial charge on any atom is 0.494 e. The number of hydrogen-bond donors (Lipinski definition) is 0. The molecule has 202 valence electrons. The fraction of sp³-hybridized carbons (Fsp3) is 0.257. The van der Waals surface area contributed by atoms with Crippen molar-refractivity contribution < 1.29 is 9.31 Å². The van der Waals surface area contributed by atoms with Crippen molar-refractivity contribution >= 4 is 64.4 Å². The second-order valence-corrected chi connectivity index (χ2v) is 18.1. The zero-order valence-electron chi connectivity index (χ0n) is 24.7. The lowest BCUT2D eigenvalue weighted by molar-refractivity contribution is 0.00578. The van der Waals surface area contributed by atoms with Gasteiger partial charge in [-0.2, -0.15) is 0 Å². The molecule has 1 saturated heterocycles. The summed E-state index contributed by atoms with van der Waals surface area (Å²) >= 11 is 0. The predicted molar refractivity (Wildman–Crippen MR) is 175 cm³/mol. The first-order valence-electron chi connectivity index (χ1n) is 14.2. The Labute approximate surface area is 239 Å². The molecule has 0 saturated carbocycles. The van der Waals surface area contributed by atoms with E-state index < -0.39 is 8.07 Å². The number of anilines is 3. The second-order valence-electron chi connectivity index (χ2n) is 13.0. The maximum absolute atomic E-state index is 6.32. The lowest BCUT2D eigenvalue weighted by Crippen LogP contribution is -2.41. The molecule has 1 aliphatic rings. The first-order valence-corrected chi connectivity index (χ1v) is 17.7. The standard InChI is InChI=1S/C35H38BNO2Si/c1-34(2)35(3,4)39-36(38-34)29-15-12-28-24-32(17-14-27(28)22-29)37(30-18-20-33(21-19-30)40(5,6)7)31-16-13-25-10-8-9-11-26(25)23-31/h8-24H,1-7H3. The van der Waals surface area contributed by atoms with Gasteiger partial charge in [-0.15, -0.1) is 0 Å². The van der Waals surface area contributed by atoms with Crippen LogP contribution in [0.4, 0.5) is 17.1 Å². The summed E-state index contributed by atoms with van der Waals surface area (Å²) in [4.78, 5) is 2.36. The van der Waals surface area contributed by atoms with Crippen molar-refractivity contribution in [3.8, 4) is 0 Å². The Bertz CT molecular complexity index is 1690. The highest BCUT2D eigenvalue weighted by molar-refractivity contribution is 6.88. The Morgan fingerprint density at radius 3 is 1.62 bits per heavy atom. The second kappa shape index (κ2) is 9.62. The van der Waals surface area contributed by atoms with Gasteiger partial charge < -0.3 is 14.2 Å². The number of fused-ring (bicyclic) bond motifs is 2. The minimum absolute atomic E-state index is 0.359. The third-order valence-corrected chi connectivity index (χ3v) is 10.7. The quantitative estimate of drug-likeness (QED) is 0.208. The summed E-state index contributed by atoms with van der Waals surface area (Å²) in [5, 5.41) is 6.29. The highest BCUT2D eigenvalue weighted by Gasteiger charge is 2.51. The highest BCUT2D eigenvalue weighted by atomic mass is 28.3. The van der Waals surface area contributed by atoms with Gasteiger partial charge in [0.25, 0.3) is 0 Å². The van der Waals surface area contributed by atoms with E-state index in [1.54, 1.807) is 0 Å². The molecule has 5 heteroatoms. The molecule has 0 radical (unpaired) electrons. The van der Waals surface area contributed by atoms with Gasteiger partial charge in [-0.3, -0.25) is 0 Å². The first-order chi connectivity index (χ1) is 18.9. The van der Waals surface area contributed by atoms with Crippen LogP contribution in [0.1, 0.15) is 27.7 Å². The van der Waals surface area contributed by atoms with E-state index in [4.69, 9.17) is 9.31 Å². The summed E-state index contributed by atoms with van der Waals surface area (Å²) in [5.74, 6) is 0. The number of nitrogens with zero attached hydrogens (tertiary/aromatic N) is 1. The van der Waals surface area contributed by atoms with Crippen molar-refractivity contribution in [2.24, 2.45) is 0 Å². The molecular formula is C35H38BNO2Si. The van der Waals surface area contributed by atoms with Gasteiger partial charge in [-0.25, -0.2) is 0 Å². The normalized spacial score (nSPS) is 16.5. The topological polar surface area (TPSA) is 21.7 Å². The van der Waals surface area contributed by atoms with E-state index in [9.17, 15) is 0 Å². The van der Waals surface area contributed by atoms with Gasteiger partial charge in [0.05, 0.1) is 19.3 Å². The maximum atomic E-state index is 6.32. The Kier molecular flexibility index (Phi) is 6.45. The molecule has 1 aliphatic heterocycles. The molecule has 0 bridgehead atoms. The van der Waals surface area contributed by atoms with Crippen molar-refractivity contribution in [3.05, 3.63) is 103 Å². The van der Waals surface area contributed by atoms with Gasteiger partial charge in [0.1, 0.15) is 0 Å². The van der Waals surface area contributed by atoms with E-state index in [1.165, 1.54) is 26.7 Å².